The van der Waals surface area contributed by atoms with E-state index in [1.54, 1.807) is 6.92 Å². The van der Waals surface area contributed by atoms with Crippen LogP contribution in [0.4, 0.5) is 0 Å². The quantitative estimate of drug-likeness (QED) is 0.729. The number of nitrogens with zero attached hydrogens (tertiary/aromatic N) is 2. The molecule has 1 aliphatic rings. The first-order chi connectivity index (χ1) is 8.82. The molecule has 5 nitrogen and oxygen atoms in total. The third kappa shape index (κ3) is 5.89. The maximum absolute atomic E-state index is 12.2. The van der Waals surface area contributed by atoms with Crippen molar-refractivity contribution in [3.63, 3.8) is 0 Å². The zero-order chi connectivity index (χ0) is 14.5. The van der Waals surface area contributed by atoms with Crippen LogP contribution in [-0.4, -0.2) is 72.7 Å². The number of hydrogen-bond donors (Lipinski definition) is 2. The maximum Gasteiger partial charge on any atom is 0.239 e. The van der Waals surface area contributed by atoms with E-state index in [1.807, 2.05) is 30.8 Å². The average molecular weight is 271 g/mol. The van der Waals surface area contributed by atoms with Crippen molar-refractivity contribution in [3.8, 4) is 0 Å². The molecule has 0 aromatic heterocycles. The summed E-state index contributed by atoms with van der Waals surface area (Å²) in [6.07, 6.45) is 3.44. The second kappa shape index (κ2) is 7.22. The molecule has 112 valence electrons. The molecule has 1 rings (SSSR count). The third-order valence-electron chi connectivity index (χ3n) is 3.48. The lowest BCUT2D eigenvalue weighted by molar-refractivity contribution is -0.134. The lowest BCUT2D eigenvalue weighted by Gasteiger charge is -2.32. The fourth-order valence-corrected chi connectivity index (χ4v) is 2.59. The minimum Gasteiger partial charge on any atom is -0.388 e. The Morgan fingerprint density at radius 3 is 2.47 bits per heavy atom. The van der Waals surface area contributed by atoms with Gasteiger partial charge in [0, 0.05) is 26.2 Å². The zero-order valence-electron chi connectivity index (χ0n) is 12.8. The summed E-state index contributed by atoms with van der Waals surface area (Å²) in [6.45, 7) is 6.41. The van der Waals surface area contributed by atoms with Gasteiger partial charge in [-0.1, -0.05) is 0 Å². The number of amides is 1. The van der Waals surface area contributed by atoms with E-state index in [-0.39, 0.29) is 11.9 Å². The van der Waals surface area contributed by atoms with Gasteiger partial charge in [-0.25, -0.2) is 0 Å². The second-order valence-electron chi connectivity index (χ2n) is 6.22. The van der Waals surface area contributed by atoms with Gasteiger partial charge in [0.15, 0.2) is 0 Å². The van der Waals surface area contributed by atoms with E-state index in [0.717, 1.165) is 25.9 Å². The Labute approximate surface area is 117 Å². The SMILES string of the molecule is CC(NCC(C)(O)CN(C)C)C(=O)N1CCCCC1. The van der Waals surface area contributed by atoms with Crippen molar-refractivity contribution in [1.29, 1.82) is 0 Å². The molecule has 2 unspecified atom stereocenters. The Morgan fingerprint density at radius 1 is 1.37 bits per heavy atom. The number of rotatable bonds is 6. The summed E-state index contributed by atoms with van der Waals surface area (Å²) in [5.41, 5.74) is -0.820. The van der Waals surface area contributed by atoms with Crippen LogP contribution in [0.5, 0.6) is 0 Å². The molecule has 2 atom stereocenters. The van der Waals surface area contributed by atoms with Crippen molar-refractivity contribution in [2.75, 3.05) is 40.3 Å². The summed E-state index contributed by atoms with van der Waals surface area (Å²) in [5.74, 6) is 0.153. The molecule has 1 fully saturated rings. The molecule has 1 amide bonds. The molecular weight excluding hydrogens is 242 g/mol. The van der Waals surface area contributed by atoms with Gasteiger partial charge in [0.2, 0.25) is 5.91 Å². The van der Waals surface area contributed by atoms with Gasteiger partial charge in [-0.05, 0) is 47.2 Å². The van der Waals surface area contributed by atoms with Crippen LogP contribution in [0, 0.1) is 0 Å². The fourth-order valence-electron chi connectivity index (χ4n) is 2.59. The van der Waals surface area contributed by atoms with Crippen LogP contribution in [0.2, 0.25) is 0 Å². The van der Waals surface area contributed by atoms with E-state index in [0.29, 0.717) is 13.1 Å². The molecule has 1 heterocycles. The summed E-state index contributed by atoms with van der Waals surface area (Å²) in [5, 5.41) is 13.4. The van der Waals surface area contributed by atoms with Crippen molar-refractivity contribution in [2.45, 2.75) is 44.8 Å². The summed E-state index contributed by atoms with van der Waals surface area (Å²) in [6, 6.07) is -0.230. The van der Waals surface area contributed by atoms with Crippen LogP contribution in [0.1, 0.15) is 33.1 Å². The van der Waals surface area contributed by atoms with Gasteiger partial charge in [-0.2, -0.15) is 0 Å². The Morgan fingerprint density at radius 2 is 1.95 bits per heavy atom. The van der Waals surface area contributed by atoms with Gasteiger partial charge in [-0.15, -0.1) is 0 Å². The van der Waals surface area contributed by atoms with Crippen molar-refractivity contribution in [2.24, 2.45) is 0 Å². The first-order valence-corrected chi connectivity index (χ1v) is 7.21. The first kappa shape index (κ1) is 16.4. The summed E-state index contributed by atoms with van der Waals surface area (Å²) in [7, 11) is 3.85. The molecule has 0 spiro atoms. The molecule has 1 aliphatic heterocycles. The van der Waals surface area contributed by atoms with Crippen LogP contribution in [-0.2, 0) is 4.79 Å². The van der Waals surface area contributed by atoms with Crippen molar-refractivity contribution in [1.82, 2.24) is 15.1 Å². The number of carbonyl (C=O) groups is 1. The Hall–Kier alpha value is -0.650. The molecule has 0 aliphatic carbocycles. The van der Waals surface area contributed by atoms with Crippen LogP contribution in [0.25, 0.3) is 0 Å². The molecule has 19 heavy (non-hydrogen) atoms. The predicted octanol–water partition coefficient (Wildman–Crippen LogP) is 0.290. The van der Waals surface area contributed by atoms with Crippen LogP contribution < -0.4 is 5.32 Å². The first-order valence-electron chi connectivity index (χ1n) is 7.21. The molecule has 0 bridgehead atoms. The average Bonchev–Trinajstić information content (AvgIpc) is 2.34. The third-order valence-corrected chi connectivity index (χ3v) is 3.48. The smallest absolute Gasteiger partial charge is 0.239 e. The second-order valence-corrected chi connectivity index (χ2v) is 6.22. The molecule has 2 N–H and O–H groups in total. The summed E-state index contributed by atoms with van der Waals surface area (Å²) < 4.78 is 0. The van der Waals surface area contributed by atoms with Gasteiger partial charge < -0.3 is 20.2 Å². The summed E-state index contributed by atoms with van der Waals surface area (Å²) in [4.78, 5) is 16.1. The Bertz CT molecular complexity index is 286. The van der Waals surface area contributed by atoms with E-state index in [9.17, 15) is 9.90 Å². The monoisotopic (exact) mass is 271 g/mol. The summed E-state index contributed by atoms with van der Waals surface area (Å²) >= 11 is 0. The normalized spacial score (nSPS) is 21.3. The van der Waals surface area contributed by atoms with Gasteiger partial charge in [0.05, 0.1) is 11.6 Å². The highest BCUT2D eigenvalue weighted by atomic mass is 16.3. The number of likely N-dealkylation sites (N-methyl/N-ethyl adjacent to an activating group) is 1. The Kier molecular flexibility index (Phi) is 6.23. The van der Waals surface area contributed by atoms with E-state index in [2.05, 4.69) is 5.32 Å². The standard InChI is InChI=1S/C14H29N3O2/c1-12(13(18)17-8-6-5-7-9-17)15-10-14(2,19)11-16(3)4/h12,15,19H,5-11H2,1-4H3. The lowest BCUT2D eigenvalue weighted by atomic mass is 10.1. The number of nitrogens with one attached hydrogen (secondary N) is 1. The minimum atomic E-state index is -0.820. The Balaban J connectivity index is 2.37. The van der Waals surface area contributed by atoms with E-state index in [1.165, 1.54) is 6.42 Å². The van der Waals surface area contributed by atoms with Crippen molar-refractivity contribution < 1.29 is 9.90 Å². The topological polar surface area (TPSA) is 55.8 Å². The molecule has 1 saturated heterocycles. The van der Waals surface area contributed by atoms with E-state index < -0.39 is 5.60 Å². The van der Waals surface area contributed by atoms with E-state index >= 15 is 0 Å². The van der Waals surface area contributed by atoms with Gasteiger partial charge >= 0.3 is 0 Å². The van der Waals surface area contributed by atoms with Crippen LogP contribution in [0.15, 0.2) is 0 Å². The fraction of sp³-hybridized carbons (Fsp3) is 0.929. The zero-order valence-corrected chi connectivity index (χ0v) is 12.8. The predicted molar refractivity (Wildman–Crippen MR) is 77.1 cm³/mol. The minimum absolute atomic E-state index is 0.153. The number of aliphatic hydroxyl groups is 1. The van der Waals surface area contributed by atoms with Crippen molar-refractivity contribution >= 4 is 5.91 Å². The number of piperidine rings is 1. The highest BCUT2D eigenvalue weighted by molar-refractivity contribution is 5.81. The van der Waals surface area contributed by atoms with E-state index in [4.69, 9.17) is 0 Å². The molecule has 0 saturated carbocycles. The molecule has 0 aromatic rings. The van der Waals surface area contributed by atoms with Gasteiger partial charge in [-0.3, -0.25) is 4.79 Å². The highest BCUT2D eigenvalue weighted by Gasteiger charge is 2.26. The highest BCUT2D eigenvalue weighted by Crippen LogP contribution is 2.10. The largest absolute Gasteiger partial charge is 0.388 e. The van der Waals surface area contributed by atoms with Gasteiger partial charge in [0.1, 0.15) is 0 Å². The molecular formula is C14H29N3O2. The van der Waals surface area contributed by atoms with Gasteiger partial charge in [0.25, 0.3) is 0 Å². The number of hydrogen-bond acceptors (Lipinski definition) is 4. The molecule has 0 radical (unpaired) electrons. The number of likely N-dealkylation sites (tertiary alicyclic amines) is 1. The lowest BCUT2D eigenvalue weighted by Crippen LogP contribution is -2.52. The van der Waals surface area contributed by atoms with Crippen LogP contribution >= 0.6 is 0 Å². The molecule has 0 aromatic carbocycles. The maximum atomic E-state index is 12.2. The molecule has 5 heteroatoms. The van der Waals surface area contributed by atoms with Crippen LogP contribution in [0.3, 0.4) is 0 Å². The van der Waals surface area contributed by atoms with Crippen molar-refractivity contribution in [3.05, 3.63) is 0 Å². The number of carbonyl (C=O) groups excluding carboxylic acids is 1.